The summed E-state index contributed by atoms with van der Waals surface area (Å²) in [5, 5.41) is 4.93. The number of terminal acetylenes is 1. The van der Waals surface area contributed by atoms with Gasteiger partial charge in [0.05, 0.1) is 16.9 Å². The van der Waals surface area contributed by atoms with Gasteiger partial charge in [0, 0.05) is 35.0 Å². The minimum atomic E-state index is -0.373. The highest BCUT2D eigenvalue weighted by molar-refractivity contribution is 6.34. The van der Waals surface area contributed by atoms with Crippen molar-refractivity contribution in [2.24, 2.45) is 0 Å². The summed E-state index contributed by atoms with van der Waals surface area (Å²) < 4.78 is 4.99. The van der Waals surface area contributed by atoms with E-state index in [-0.39, 0.29) is 23.0 Å². The Bertz CT molecular complexity index is 766. The van der Waals surface area contributed by atoms with Crippen LogP contribution in [0.4, 0.5) is 10.5 Å². The highest BCUT2D eigenvalue weighted by Gasteiger charge is 2.25. The van der Waals surface area contributed by atoms with Gasteiger partial charge in [0.15, 0.2) is 6.61 Å². The molecule has 7 heteroatoms. The standard InChI is InChI=1S/C16H17ClN4O2.3H2/c1-2-8-23-16(22)21-7-3-4-11(10-21)20-14-12-5-6-18-15(12)19-9-13(14)17;;;/h1,5-6,9,11H,3-4,7-8,10H2,(H2,18,19,20);3*1H. The van der Waals surface area contributed by atoms with Gasteiger partial charge in [-0.2, -0.15) is 0 Å². The van der Waals surface area contributed by atoms with Crippen LogP contribution in [0.2, 0.25) is 5.02 Å². The molecule has 0 radical (unpaired) electrons. The Morgan fingerprint density at radius 1 is 1.70 bits per heavy atom. The number of carbonyl (C=O) groups is 1. The molecule has 2 aromatic heterocycles. The molecule has 2 N–H and O–H groups in total. The number of H-pyrrole nitrogens is 1. The van der Waals surface area contributed by atoms with Crippen molar-refractivity contribution in [3.63, 3.8) is 0 Å². The molecule has 1 aliphatic rings. The molecule has 1 amide bonds. The molecule has 0 aromatic carbocycles. The van der Waals surface area contributed by atoms with Crippen LogP contribution in [0.3, 0.4) is 0 Å². The van der Waals surface area contributed by atoms with Gasteiger partial charge in [0.1, 0.15) is 5.65 Å². The zero-order valence-electron chi connectivity index (χ0n) is 12.5. The third kappa shape index (κ3) is 3.35. The fourth-order valence-electron chi connectivity index (χ4n) is 2.79. The molecule has 0 aliphatic carbocycles. The predicted molar refractivity (Wildman–Crippen MR) is 95.8 cm³/mol. The van der Waals surface area contributed by atoms with Gasteiger partial charge in [-0.15, -0.1) is 6.42 Å². The third-order valence-corrected chi connectivity index (χ3v) is 4.13. The lowest BCUT2D eigenvalue weighted by Gasteiger charge is -2.33. The number of ether oxygens (including phenoxy) is 1. The lowest BCUT2D eigenvalue weighted by Crippen LogP contribution is -2.45. The number of halogens is 1. The molecule has 1 saturated heterocycles. The summed E-state index contributed by atoms with van der Waals surface area (Å²) in [4.78, 5) is 20.9. The fourth-order valence-corrected chi connectivity index (χ4v) is 3.00. The maximum absolute atomic E-state index is 11.9. The second-order valence-electron chi connectivity index (χ2n) is 5.41. The number of hydrogen-bond acceptors (Lipinski definition) is 4. The quantitative estimate of drug-likeness (QED) is 0.839. The van der Waals surface area contributed by atoms with E-state index in [0.29, 0.717) is 18.1 Å². The molecule has 0 bridgehead atoms. The van der Waals surface area contributed by atoms with E-state index in [1.807, 2.05) is 12.3 Å². The number of anilines is 1. The largest absolute Gasteiger partial charge is 0.436 e. The second kappa shape index (κ2) is 6.80. The maximum Gasteiger partial charge on any atom is 0.410 e. The normalized spacial score (nSPS) is 17.7. The van der Waals surface area contributed by atoms with E-state index in [4.69, 9.17) is 22.8 Å². The monoisotopic (exact) mass is 338 g/mol. The number of rotatable bonds is 3. The van der Waals surface area contributed by atoms with Gasteiger partial charge < -0.3 is 19.9 Å². The molecule has 1 aliphatic heterocycles. The average Bonchev–Trinajstić information content (AvgIpc) is 3.04. The molecule has 0 saturated carbocycles. The van der Waals surface area contributed by atoms with Crippen LogP contribution in [0.15, 0.2) is 18.5 Å². The van der Waals surface area contributed by atoms with Crippen molar-refractivity contribution >= 4 is 34.4 Å². The number of nitrogens with one attached hydrogen (secondary N) is 2. The van der Waals surface area contributed by atoms with Crippen LogP contribution in [-0.2, 0) is 4.74 Å². The molecule has 23 heavy (non-hydrogen) atoms. The van der Waals surface area contributed by atoms with E-state index in [0.717, 1.165) is 29.6 Å². The molecule has 6 nitrogen and oxygen atoms in total. The van der Waals surface area contributed by atoms with Gasteiger partial charge in [0.25, 0.3) is 0 Å². The van der Waals surface area contributed by atoms with Gasteiger partial charge in [-0.05, 0) is 18.9 Å². The van der Waals surface area contributed by atoms with Crippen LogP contribution in [0.5, 0.6) is 0 Å². The first-order valence-electron chi connectivity index (χ1n) is 7.42. The van der Waals surface area contributed by atoms with Crippen molar-refractivity contribution in [2.45, 2.75) is 18.9 Å². The van der Waals surface area contributed by atoms with Gasteiger partial charge in [-0.3, -0.25) is 0 Å². The number of likely N-dealkylation sites (tertiary alicyclic amines) is 1. The molecular weight excluding hydrogens is 316 g/mol. The van der Waals surface area contributed by atoms with Crippen molar-refractivity contribution in [3.05, 3.63) is 23.5 Å². The van der Waals surface area contributed by atoms with Crippen LogP contribution in [0.1, 0.15) is 17.1 Å². The van der Waals surface area contributed by atoms with Crippen molar-refractivity contribution in [3.8, 4) is 12.3 Å². The zero-order chi connectivity index (χ0) is 16.2. The summed E-state index contributed by atoms with van der Waals surface area (Å²) in [7, 11) is 0. The average molecular weight is 339 g/mol. The summed E-state index contributed by atoms with van der Waals surface area (Å²) in [6.45, 7) is 1.22. The maximum atomic E-state index is 11.9. The summed E-state index contributed by atoms with van der Waals surface area (Å²) >= 11 is 6.28. The number of piperidine rings is 1. The van der Waals surface area contributed by atoms with Crippen molar-refractivity contribution in [2.75, 3.05) is 25.0 Å². The number of carbonyl (C=O) groups excluding carboxylic acids is 1. The number of hydrogen-bond donors (Lipinski definition) is 2. The highest BCUT2D eigenvalue weighted by atomic mass is 35.5. The lowest BCUT2D eigenvalue weighted by atomic mass is 10.1. The number of fused-ring (bicyclic) bond motifs is 1. The Morgan fingerprint density at radius 3 is 3.39 bits per heavy atom. The smallest absolute Gasteiger partial charge is 0.410 e. The molecule has 0 spiro atoms. The molecule has 2 aromatic rings. The minimum Gasteiger partial charge on any atom is -0.436 e. The molecule has 3 heterocycles. The van der Waals surface area contributed by atoms with E-state index in [1.54, 1.807) is 11.1 Å². The molecule has 126 valence electrons. The summed E-state index contributed by atoms with van der Waals surface area (Å²) in [5.74, 6) is 2.30. The van der Waals surface area contributed by atoms with E-state index >= 15 is 0 Å². The Kier molecular flexibility index (Phi) is 4.58. The third-order valence-electron chi connectivity index (χ3n) is 3.85. The minimum absolute atomic E-state index is 0. The number of amides is 1. The molecular formula is C16H23ClN4O2. The zero-order valence-corrected chi connectivity index (χ0v) is 13.3. The SMILES string of the molecule is C#CCOC(=O)N1CCCC(Nc2c(Cl)cnc3[nH]ccc23)C1.[HH].[HH].[HH]. The Labute approximate surface area is 143 Å². The van der Waals surface area contributed by atoms with Crippen LogP contribution in [0, 0.1) is 12.3 Å². The highest BCUT2D eigenvalue weighted by Crippen LogP contribution is 2.30. The molecule has 1 unspecified atom stereocenters. The molecule has 3 rings (SSSR count). The van der Waals surface area contributed by atoms with E-state index < -0.39 is 0 Å². The van der Waals surface area contributed by atoms with Gasteiger partial charge in [0.2, 0.25) is 0 Å². The van der Waals surface area contributed by atoms with Crippen molar-refractivity contribution < 1.29 is 13.8 Å². The van der Waals surface area contributed by atoms with Crippen molar-refractivity contribution in [1.82, 2.24) is 14.9 Å². The Balaban J connectivity index is 0.00000208. The van der Waals surface area contributed by atoms with Crippen LogP contribution in [-0.4, -0.2) is 46.7 Å². The first kappa shape index (κ1) is 15.5. The Morgan fingerprint density at radius 2 is 2.57 bits per heavy atom. The second-order valence-corrected chi connectivity index (χ2v) is 5.82. The predicted octanol–water partition coefficient (Wildman–Crippen LogP) is 3.60. The van der Waals surface area contributed by atoms with Gasteiger partial charge in [-0.1, -0.05) is 17.5 Å². The Hall–Kier alpha value is -2.39. The number of aromatic amines is 1. The van der Waals surface area contributed by atoms with E-state index in [9.17, 15) is 4.79 Å². The fraction of sp³-hybridized carbons (Fsp3) is 0.375. The van der Waals surface area contributed by atoms with Crippen LogP contribution in [0.25, 0.3) is 11.0 Å². The van der Waals surface area contributed by atoms with Gasteiger partial charge in [-0.25, -0.2) is 9.78 Å². The van der Waals surface area contributed by atoms with E-state index in [1.165, 1.54) is 0 Å². The molecule has 1 fully saturated rings. The summed E-state index contributed by atoms with van der Waals surface area (Å²) in [5.41, 5.74) is 1.61. The number of pyridine rings is 1. The topological polar surface area (TPSA) is 70.2 Å². The van der Waals surface area contributed by atoms with Crippen LogP contribution < -0.4 is 5.32 Å². The first-order valence-corrected chi connectivity index (χ1v) is 7.80. The number of aromatic nitrogens is 2. The van der Waals surface area contributed by atoms with Crippen LogP contribution >= 0.6 is 11.6 Å². The summed E-state index contributed by atoms with van der Waals surface area (Å²) in [6.07, 6.45) is 10.0. The first-order chi connectivity index (χ1) is 11.2. The number of nitrogens with zero attached hydrogens (tertiary/aromatic N) is 2. The molecule has 1 atom stereocenters. The van der Waals surface area contributed by atoms with Crippen molar-refractivity contribution in [1.29, 1.82) is 0 Å². The summed E-state index contributed by atoms with van der Waals surface area (Å²) in [6, 6.07) is 2.03. The van der Waals surface area contributed by atoms with E-state index in [2.05, 4.69) is 21.2 Å². The lowest BCUT2D eigenvalue weighted by molar-refractivity contribution is 0.104. The van der Waals surface area contributed by atoms with Gasteiger partial charge >= 0.3 is 6.09 Å².